The Bertz CT molecular complexity index is 1070. The molecule has 0 N–H and O–H groups in total. The van der Waals surface area contributed by atoms with Crippen molar-refractivity contribution >= 4 is 11.6 Å². The molecule has 1 fully saturated rings. The predicted molar refractivity (Wildman–Crippen MR) is 122 cm³/mol. The van der Waals surface area contributed by atoms with Crippen molar-refractivity contribution in [2.24, 2.45) is 0 Å². The molecule has 1 saturated carbocycles. The van der Waals surface area contributed by atoms with Gasteiger partial charge in [-0.25, -0.2) is 0 Å². The number of hydrogen-bond acceptors (Lipinski definition) is 3. The lowest BCUT2D eigenvalue weighted by atomic mass is 9.97. The Kier molecular flexibility index (Phi) is 5.37. The first kappa shape index (κ1) is 19.7. The van der Waals surface area contributed by atoms with Crippen LogP contribution in [0.5, 0.6) is 11.5 Å². The van der Waals surface area contributed by atoms with Crippen LogP contribution in [0.4, 0.5) is 5.69 Å². The Morgan fingerprint density at radius 3 is 2.35 bits per heavy atom. The van der Waals surface area contributed by atoms with E-state index in [0.717, 1.165) is 35.2 Å². The third kappa shape index (κ3) is 3.67. The third-order valence-corrected chi connectivity index (χ3v) is 6.35. The highest BCUT2D eigenvalue weighted by Gasteiger charge is 2.38. The van der Waals surface area contributed by atoms with Crippen LogP contribution in [0, 0.1) is 0 Å². The topological polar surface area (TPSA) is 38.8 Å². The maximum absolute atomic E-state index is 13.5. The van der Waals surface area contributed by atoms with Crippen molar-refractivity contribution in [1.29, 1.82) is 0 Å². The van der Waals surface area contributed by atoms with Crippen molar-refractivity contribution < 1.29 is 14.3 Å². The highest BCUT2D eigenvalue weighted by atomic mass is 16.5. The molecule has 1 heterocycles. The number of fused-ring (bicyclic) bond motifs is 1. The molecule has 158 valence electrons. The van der Waals surface area contributed by atoms with E-state index in [-0.39, 0.29) is 18.1 Å². The molecule has 4 heteroatoms. The molecule has 31 heavy (non-hydrogen) atoms. The van der Waals surface area contributed by atoms with E-state index in [1.165, 1.54) is 19.3 Å². The number of benzene rings is 3. The van der Waals surface area contributed by atoms with Gasteiger partial charge in [0.2, 0.25) is 0 Å². The molecule has 2 aliphatic rings. The van der Waals surface area contributed by atoms with Crippen LogP contribution >= 0.6 is 0 Å². The quantitative estimate of drug-likeness (QED) is 0.503. The summed E-state index contributed by atoms with van der Waals surface area (Å²) in [5, 5.41) is 0. The largest absolute Gasteiger partial charge is 0.493 e. The zero-order chi connectivity index (χ0) is 21.2. The summed E-state index contributed by atoms with van der Waals surface area (Å²) < 4.78 is 11.9. The zero-order valence-corrected chi connectivity index (χ0v) is 17.8. The number of anilines is 1. The highest BCUT2D eigenvalue weighted by molar-refractivity contribution is 6.11. The lowest BCUT2D eigenvalue weighted by Crippen LogP contribution is -2.28. The van der Waals surface area contributed by atoms with Crippen LogP contribution in [0.1, 0.15) is 59.6 Å². The average Bonchev–Trinajstić information content (AvgIpc) is 3.13. The van der Waals surface area contributed by atoms with E-state index in [4.69, 9.17) is 9.47 Å². The van der Waals surface area contributed by atoms with Crippen LogP contribution in [0.2, 0.25) is 0 Å². The molecular weight excluding hydrogens is 386 g/mol. The van der Waals surface area contributed by atoms with Crippen LogP contribution in [-0.4, -0.2) is 19.1 Å². The van der Waals surface area contributed by atoms with Gasteiger partial charge in [-0.2, -0.15) is 0 Å². The Labute approximate surface area is 183 Å². The van der Waals surface area contributed by atoms with Gasteiger partial charge in [0.25, 0.3) is 5.91 Å². The highest BCUT2D eigenvalue weighted by Crippen LogP contribution is 2.44. The predicted octanol–water partition coefficient (Wildman–Crippen LogP) is 6.16. The molecule has 0 saturated heterocycles. The van der Waals surface area contributed by atoms with E-state index in [1.807, 2.05) is 65.6 Å². The molecule has 1 atom stereocenters. The molecule has 4 nitrogen and oxygen atoms in total. The minimum Gasteiger partial charge on any atom is -0.493 e. The van der Waals surface area contributed by atoms with Crippen LogP contribution < -0.4 is 14.4 Å². The monoisotopic (exact) mass is 413 g/mol. The fourth-order valence-corrected chi connectivity index (χ4v) is 4.82. The summed E-state index contributed by atoms with van der Waals surface area (Å²) in [5.74, 6) is 1.43. The first-order valence-electron chi connectivity index (χ1n) is 11.1. The van der Waals surface area contributed by atoms with Crippen LogP contribution in [0.15, 0.2) is 72.8 Å². The van der Waals surface area contributed by atoms with Gasteiger partial charge in [-0.1, -0.05) is 55.0 Å². The van der Waals surface area contributed by atoms with Crippen molar-refractivity contribution in [3.63, 3.8) is 0 Å². The second-order valence-electron chi connectivity index (χ2n) is 8.29. The van der Waals surface area contributed by atoms with Crippen molar-refractivity contribution in [2.45, 2.75) is 44.2 Å². The molecule has 3 aromatic carbocycles. The van der Waals surface area contributed by atoms with E-state index >= 15 is 0 Å². The number of ether oxygens (including phenoxy) is 2. The van der Waals surface area contributed by atoms with Crippen molar-refractivity contribution in [1.82, 2.24) is 0 Å². The Hall–Kier alpha value is -3.27. The molecular formula is C27H27NO3. The number of carbonyl (C=O) groups is 1. The number of rotatable bonds is 5. The molecule has 5 rings (SSSR count). The van der Waals surface area contributed by atoms with Crippen molar-refractivity contribution in [2.75, 3.05) is 12.0 Å². The molecule has 0 radical (unpaired) electrons. The van der Waals surface area contributed by atoms with E-state index < -0.39 is 0 Å². The summed E-state index contributed by atoms with van der Waals surface area (Å²) in [5.41, 5.74) is 3.69. The first-order chi connectivity index (χ1) is 15.3. The molecule has 3 aromatic rings. The van der Waals surface area contributed by atoms with Crippen LogP contribution in [0.25, 0.3) is 0 Å². The Balaban J connectivity index is 1.56. The lowest BCUT2D eigenvalue weighted by Gasteiger charge is -2.28. The summed E-state index contributed by atoms with van der Waals surface area (Å²) in [6.07, 6.45) is 6.00. The van der Waals surface area contributed by atoms with Gasteiger partial charge >= 0.3 is 0 Å². The van der Waals surface area contributed by atoms with Gasteiger partial charge in [0.15, 0.2) is 11.5 Å². The molecule has 1 unspecified atom stereocenters. The number of hydrogen-bond donors (Lipinski definition) is 0. The molecule has 1 amide bonds. The zero-order valence-electron chi connectivity index (χ0n) is 17.8. The minimum absolute atomic E-state index is 0.0123. The number of nitrogens with zero attached hydrogens (tertiary/aromatic N) is 1. The van der Waals surface area contributed by atoms with Crippen molar-refractivity contribution in [3.8, 4) is 11.5 Å². The summed E-state index contributed by atoms with van der Waals surface area (Å²) >= 11 is 0. The molecule has 0 spiro atoms. The molecule has 1 aliphatic carbocycles. The van der Waals surface area contributed by atoms with Gasteiger partial charge in [0.1, 0.15) is 0 Å². The maximum atomic E-state index is 13.5. The lowest BCUT2D eigenvalue weighted by molar-refractivity contribution is 0.0993. The first-order valence-corrected chi connectivity index (χ1v) is 11.1. The van der Waals surface area contributed by atoms with E-state index in [0.29, 0.717) is 11.5 Å². The Morgan fingerprint density at radius 2 is 1.58 bits per heavy atom. The van der Waals surface area contributed by atoms with E-state index in [2.05, 4.69) is 12.1 Å². The van der Waals surface area contributed by atoms with Crippen LogP contribution in [-0.2, 0) is 0 Å². The molecule has 0 bridgehead atoms. The summed E-state index contributed by atoms with van der Waals surface area (Å²) in [7, 11) is 1.66. The SMILES string of the molecule is COc1ccc(N2C(=O)c3ccccc3C2c2ccccc2)cc1OC1CCCCC1. The number of carbonyl (C=O) groups excluding carboxylic acids is 1. The molecule has 0 aromatic heterocycles. The van der Waals surface area contributed by atoms with Crippen LogP contribution in [0.3, 0.4) is 0 Å². The van der Waals surface area contributed by atoms with Gasteiger partial charge in [0, 0.05) is 17.3 Å². The fraction of sp³-hybridized carbons (Fsp3) is 0.296. The summed E-state index contributed by atoms with van der Waals surface area (Å²) in [4.78, 5) is 15.4. The van der Waals surface area contributed by atoms with Gasteiger partial charge in [0.05, 0.1) is 19.3 Å². The van der Waals surface area contributed by atoms with Gasteiger partial charge in [-0.15, -0.1) is 0 Å². The van der Waals surface area contributed by atoms with E-state index in [9.17, 15) is 4.79 Å². The van der Waals surface area contributed by atoms with Gasteiger partial charge in [-0.05, 0) is 55.0 Å². The normalized spacial score (nSPS) is 18.7. The summed E-state index contributed by atoms with van der Waals surface area (Å²) in [6, 6.07) is 23.7. The smallest absolute Gasteiger partial charge is 0.259 e. The average molecular weight is 414 g/mol. The minimum atomic E-state index is -0.166. The van der Waals surface area contributed by atoms with Gasteiger partial charge < -0.3 is 9.47 Å². The van der Waals surface area contributed by atoms with Gasteiger partial charge in [-0.3, -0.25) is 9.69 Å². The number of methoxy groups -OCH3 is 1. The standard InChI is InChI=1S/C27H27NO3/c1-30-24-17-16-20(18-25(24)31-21-12-6-3-7-13-21)28-26(19-10-4-2-5-11-19)22-14-8-9-15-23(22)27(28)29/h2,4-5,8-11,14-18,21,26H,3,6-7,12-13H2,1H3. The van der Waals surface area contributed by atoms with Crippen molar-refractivity contribution in [3.05, 3.63) is 89.5 Å². The second-order valence-corrected chi connectivity index (χ2v) is 8.29. The third-order valence-electron chi connectivity index (χ3n) is 6.35. The summed E-state index contributed by atoms with van der Waals surface area (Å²) in [6.45, 7) is 0. The second kappa shape index (κ2) is 8.46. The Morgan fingerprint density at radius 1 is 0.839 bits per heavy atom. The molecule has 1 aliphatic heterocycles. The fourth-order valence-electron chi connectivity index (χ4n) is 4.82. The maximum Gasteiger partial charge on any atom is 0.259 e. The van der Waals surface area contributed by atoms with E-state index in [1.54, 1.807) is 7.11 Å². The number of amides is 1.